The number of aliphatic hydroxyl groups excluding tert-OH is 1. The molecule has 1 spiro atoms. The Morgan fingerprint density at radius 2 is 1.79 bits per heavy atom. The van der Waals surface area contributed by atoms with Crippen molar-refractivity contribution in [3.63, 3.8) is 0 Å². The summed E-state index contributed by atoms with van der Waals surface area (Å²) in [5.41, 5.74) is -1.39. The number of fused-ring (bicyclic) bond motifs is 1. The van der Waals surface area contributed by atoms with Crippen LogP contribution in [0.3, 0.4) is 0 Å². The number of ether oxygens (including phenoxy) is 1. The first-order valence-electron chi connectivity index (χ1n) is 13.5. The molecule has 1 N–H and O–H groups in total. The molecule has 3 aliphatic rings. The molecule has 0 saturated carbocycles. The van der Waals surface area contributed by atoms with Crippen LogP contribution in [0.4, 0.5) is 5.69 Å². The average Bonchev–Trinajstić information content (AvgIpc) is 3.41. The Bertz CT molecular complexity index is 1110. The first-order chi connectivity index (χ1) is 18.0. The van der Waals surface area contributed by atoms with E-state index in [1.165, 1.54) is 4.90 Å². The fourth-order valence-corrected chi connectivity index (χ4v) is 6.97. The molecule has 4 rings (SSSR count). The predicted octanol–water partition coefficient (Wildman–Crippen LogP) is 3.02. The molecule has 3 saturated heterocycles. The number of likely N-dealkylation sites (tertiary alicyclic amines) is 1. The van der Waals surface area contributed by atoms with Crippen LogP contribution in [0.5, 0.6) is 0 Å². The van der Waals surface area contributed by atoms with E-state index in [1.807, 2.05) is 58.0 Å². The monoisotopic (exact) mass is 523 g/mol. The molecule has 38 heavy (non-hydrogen) atoms. The molecular weight excluding hydrogens is 482 g/mol. The highest BCUT2D eigenvalue weighted by atomic mass is 16.5. The van der Waals surface area contributed by atoms with Crippen molar-refractivity contribution in [2.75, 3.05) is 24.6 Å². The molecule has 0 aromatic heterocycles. The van der Waals surface area contributed by atoms with Crippen molar-refractivity contribution < 1.29 is 24.2 Å². The third-order valence-corrected chi connectivity index (χ3v) is 8.87. The molecule has 1 aromatic carbocycles. The van der Waals surface area contributed by atoms with Gasteiger partial charge in [0, 0.05) is 24.8 Å². The molecule has 3 aliphatic heterocycles. The number of benzene rings is 1. The van der Waals surface area contributed by atoms with E-state index in [-0.39, 0.29) is 42.8 Å². The van der Waals surface area contributed by atoms with E-state index in [9.17, 15) is 19.5 Å². The smallest absolute Gasteiger partial charge is 0.248 e. The maximum atomic E-state index is 14.4. The number of nitrogens with zero attached hydrogens (tertiary/aromatic N) is 3. The minimum atomic E-state index is -1.17. The van der Waals surface area contributed by atoms with Gasteiger partial charge in [-0.1, -0.05) is 37.3 Å². The largest absolute Gasteiger partial charge is 0.394 e. The SMILES string of the molecule is C=CCN(C(=O)[C@@H]1[C@H]2C(=O)N([C@H](C)CO)C(C(=O)N(CC=C)C(C)C)C23CC(C)[C@@]1(C)O3)c1ccccc1. The molecule has 3 unspecified atom stereocenters. The lowest BCUT2D eigenvalue weighted by molar-refractivity contribution is -0.156. The molecule has 7 atom stereocenters. The Morgan fingerprint density at radius 3 is 2.34 bits per heavy atom. The van der Waals surface area contributed by atoms with Crippen molar-refractivity contribution in [3.05, 3.63) is 55.6 Å². The second kappa shape index (κ2) is 10.3. The standard InChI is InChI=1S/C30H41N3O5/c1-8-15-31(19(3)4)28(37)25-30-17-20(5)29(7,38-30)23(24(30)27(36)33(25)21(6)18-34)26(35)32(16-9-2)22-13-11-10-12-14-22/h8-14,19-21,23-25,34H,1-2,15-18H2,3-7H3/t20?,21-,23+,24+,25?,29-,30?/m1/s1. The minimum absolute atomic E-state index is 0.0755. The third-order valence-electron chi connectivity index (χ3n) is 8.87. The average molecular weight is 524 g/mol. The summed E-state index contributed by atoms with van der Waals surface area (Å²) < 4.78 is 6.83. The highest BCUT2D eigenvalue weighted by Crippen LogP contribution is 2.65. The quantitative estimate of drug-likeness (QED) is 0.476. The third kappa shape index (κ3) is 4.00. The zero-order valence-electron chi connectivity index (χ0n) is 23.2. The van der Waals surface area contributed by atoms with Gasteiger partial charge in [-0.15, -0.1) is 13.2 Å². The summed E-state index contributed by atoms with van der Waals surface area (Å²) in [5, 5.41) is 10.1. The molecule has 1 aromatic rings. The van der Waals surface area contributed by atoms with Crippen molar-refractivity contribution in [2.45, 2.75) is 70.4 Å². The van der Waals surface area contributed by atoms with Gasteiger partial charge in [-0.2, -0.15) is 0 Å². The number of carbonyl (C=O) groups excluding carboxylic acids is 3. The molecule has 206 valence electrons. The van der Waals surface area contributed by atoms with Crippen molar-refractivity contribution in [1.82, 2.24) is 9.80 Å². The van der Waals surface area contributed by atoms with Crippen LogP contribution in [0.2, 0.25) is 0 Å². The Labute approximate surface area is 225 Å². The molecule has 8 heteroatoms. The van der Waals surface area contributed by atoms with Crippen molar-refractivity contribution in [2.24, 2.45) is 17.8 Å². The second-order valence-corrected chi connectivity index (χ2v) is 11.4. The molecule has 0 aliphatic carbocycles. The molecule has 8 nitrogen and oxygen atoms in total. The number of rotatable bonds is 10. The first kappa shape index (κ1) is 28.0. The van der Waals surface area contributed by atoms with E-state index < -0.39 is 35.1 Å². The summed E-state index contributed by atoms with van der Waals surface area (Å²) in [6, 6.07) is 7.62. The van der Waals surface area contributed by atoms with Crippen LogP contribution in [-0.2, 0) is 19.1 Å². The maximum absolute atomic E-state index is 14.4. The summed E-state index contributed by atoms with van der Waals surface area (Å²) in [4.78, 5) is 47.7. The lowest BCUT2D eigenvalue weighted by Gasteiger charge is -2.40. The fraction of sp³-hybridized carbons (Fsp3) is 0.567. The van der Waals surface area contributed by atoms with E-state index in [0.29, 0.717) is 18.7 Å². The Morgan fingerprint density at radius 1 is 1.16 bits per heavy atom. The lowest BCUT2D eigenvalue weighted by atomic mass is 9.62. The Kier molecular flexibility index (Phi) is 7.60. The van der Waals surface area contributed by atoms with E-state index in [0.717, 1.165) is 0 Å². The summed E-state index contributed by atoms with van der Waals surface area (Å²) in [6.07, 6.45) is 3.81. The molecule has 2 bridgehead atoms. The van der Waals surface area contributed by atoms with Crippen LogP contribution in [-0.4, -0.2) is 81.7 Å². The number of amides is 3. The van der Waals surface area contributed by atoms with Gasteiger partial charge in [0.2, 0.25) is 17.7 Å². The second-order valence-electron chi connectivity index (χ2n) is 11.4. The van der Waals surface area contributed by atoms with Gasteiger partial charge in [0.1, 0.15) is 11.6 Å². The van der Waals surface area contributed by atoms with Crippen molar-refractivity contribution in [3.8, 4) is 0 Å². The molecular formula is C30H41N3O5. The van der Waals surface area contributed by atoms with Crippen LogP contribution < -0.4 is 4.90 Å². The van der Waals surface area contributed by atoms with Gasteiger partial charge in [-0.25, -0.2) is 0 Å². The first-order valence-corrected chi connectivity index (χ1v) is 13.5. The Hall–Kier alpha value is -2.97. The summed E-state index contributed by atoms with van der Waals surface area (Å²) >= 11 is 0. The van der Waals surface area contributed by atoms with Crippen LogP contribution in [0.25, 0.3) is 0 Å². The van der Waals surface area contributed by atoms with E-state index >= 15 is 0 Å². The topological polar surface area (TPSA) is 90.4 Å². The van der Waals surface area contributed by atoms with E-state index in [2.05, 4.69) is 13.2 Å². The normalized spacial score (nSPS) is 32.3. The zero-order chi connectivity index (χ0) is 28.0. The fourth-order valence-electron chi connectivity index (χ4n) is 6.97. The maximum Gasteiger partial charge on any atom is 0.248 e. The van der Waals surface area contributed by atoms with Crippen molar-refractivity contribution >= 4 is 23.4 Å². The van der Waals surface area contributed by atoms with Crippen LogP contribution >= 0.6 is 0 Å². The molecule has 3 heterocycles. The van der Waals surface area contributed by atoms with Gasteiger partial charge in [0.25, 0.3) is 0 Å². The predicted molar refractivity (Wildman–Crippen MR) is 146 cm³/mol. The van der Waals surface area contributed by atoms with Gasteiger partial charge in [0.15, 0.2) is 0 Å². The van der Waals surface area contributed by atoms with Crippen molar-refractivity contribution in [1.29, 1.82) is 0 Å². The number of anilines is 1. The number of aliphatic hydroxyl groups is 1. The Balaban J connectivity index is 1.86. The van der Waals surface area contributed by atoms with Gasteiger partial charge in [-0.3, -0.25) is 14.4 Å². The minimum Gasteiger partial charge on any atom is -0.394 e. The van der Waals surface area contributed by atoms with Gasteiger partial charge in [-0.05, 0) is 52.2 Å². The summed E-state index contributed by atoms with van der Waals surface area (Å²) in [7, 11) is 0. The summed E-state index contributed by atoms with van der Waals surface area (Å²) in [5.74, 6) is -2.49. The lowest BCUT2D eigenvalue weighted by Crippen LogP contribution is -2.59. The number of hydrogen-bond donors (Lipinski definition) is 1. The van der Waals surface area contributed by atoms with Gasteiger partial charge >= 0.3 is 0 Å². The van der Waals surface area contributed by atoms with Gasteiger partial charge < -0.3 is 24.5 Å². The van der Waals surface area contributed by atoms with Crippen LogP contribution in [0.1, 0.15) is 41.0 Å². The molecule has 0 radical (unpaired) electrons. The van der Waals surface area contributed by atoms with Crippen LogP contribution in [0.15, 0.2) is 55.6 Å². The summed E-state index contributed by atoms with van der Waals surface area (Å²) in [6.45, 7) is 17.4. The van der Waals surface area contributed by atoms with Crippen LogP contribution in [0, 0.1) is 17.8 Å². The van der Waals surface area contributed by atoms with E-state index in [4.69, 9.17) is 4.74 Å². The highest BCUT2D eigenvalue weighted by Gasteiger charge is 2.80. The number of hydrogen-bond acceptors (Lipinski definition) is 5. The van der Waals surface area contributed by atoms with Gasteiger partial charge in [0.05, 0.1) is 30.1 Å². The number of carbonyl (C=O) groups is 3. The molecule has 3 fully saturated rings. The molecule has 3 amide bonds. The number of para-hydroxylation sites is 1. The zero-order valence-corrected chi connectivity index (χ0v) is 23.2. The van der Waals surface area contributed by atoms with E-state index in [1.54, 1.807) is 28.9 Å². The highest BCUT2D eigenvalue weighted by molar-refractivity contribution is 6.03.